The zero-order chi connectivity index (χ0) is 19.5. The molecule has 1 heterocycles. The molecule has 26 heavy (non-hydrogen) atoms. The van der Waals surface area contributed by atoms with Crippen LogP contribution >= 0.6 is 0 Å². The lowest BCUT2D eigenvalue weighted by Crippen LogP contribution is -2.34. The number of carbonyl (C=O) groups excluding carboxylic acids is 1. The van der Waals surface area contributed by atoms with Gasteiger partial charge >= 0.3 is 12.4 Å². The number of rotatable bonds is 4. The minimum atomic E-state index is -5.46. The first-order valence-electron chi connectivity index (χ1n) is 7.11. The summed E-state index contributed by atoms with van der Waals surface area (Å²) in [6, 6.07) is 6.09. The van der Waals surface area contributed by atoms with Crippen LogP contribution in [-0.4, -0.2) is 30.3 Å². The van der Waals surface area contributed by atoms with Crippen LogP contribution in [0.2, 0.25) is 0 Å². The Labute approximate surface area is 143 Å². The van der Waals surface area contributed by atoms with Crippen molar-refractivity contribution in [1.29, 1.82) is 0 Å². The highest BCUT2D eigenvalue weighted by Gasteiger charge is 2.57. The number of hydrogen-bond donors (Lipinski definition) is 1. The van der Waals surface area contributed by atoms with Crippen molar-refractivity contribution < 1.29 is 35.9 Å². The van der Waals surface area contributed by atoms with E-state index in [-0.39, 0.29) is 23.1 Å². The maximum atomic E-state index is 12.7. The molecule has 4 nitrogen and oxygen atoms in total. The van der Waals surface area contributed by atoms with Crippen molar-refractivity contribution in [3.05, 3.63) is 53.7 Å². The first-order valence-corrected chi connectivity index (χ1v) is 7.11. The van der Waals surface area contributed by atoms with Crippen LogP contribution in [-0.2, 0) is 0 Å². The van der Waals surface area contributed by atoms with Crippen LogP contribution in [0.4, 0.5) is 26.3 Å². The number of nitrogens with one attached hydrogen (secondary N) is 1. The van der Waals surface area contributed by atoms with E-state index in [2.05, 4.69) is 10.3 Å². The molecule has 0 saturated heterocycles. The van der Waals surface area contributed by atoms with Gasteiger partial charge in [0.05, 0.1) is 5.56 Å². The van der Waals surface area contributed by atoms with E-state index in [1.54, 1.807) is 0 Å². The smallest absolute Gasteiger partial charge is 0.404 e. The van der Waals surface area contributed by atoms with E-state index in [4.69, 9.17) is 4.74 Å². The molecule has 2 rings (SSSR count). The molecule has 0 aliphatic carbocycles. The molecule has 0 fully saturated rings. The van der Waals surface area contributed by atoms with Gasteiger partial charge in [-0.15, -0.1) is 0 Å². The predicted molar refractivity (Wildman–Crippen MR) is 79.0 cm³/mol. The summed E-state index contributed by atoms with van der Waals surface area (Å²) in [6.07, 6.45) is -9.71. The van der Waals surface area contributed by atoms with E-state index in [1.165, 1.54) is 25.4 Å². The van der Waals surface area contributed by atoms with Crippen molar-refractivity contribution in [3.8, 4) is 11.6 Å². The van der Waals surface area contributed by atoms with E-state index < -0.39 is 23.8 Å². The summed E-state index contributed by atoms with van der Waals surface area (Å²) in [7, 11) is 1.43. The number of ether oxygens (including phenoxy) is 1. The molecule has 140 valence electrons. The number of hydrogen-bond acceptors (Lipinski definition) is 3. The number of halogens is 6. The van der Waals surface area contributed by atoms with E-state index in [9.17, 15) is 31.1 Å². The van der Waals surface area contributed by atoms with E-state index in [1.807, 2.05) is 0 Å². The minimum Gasteiger partial charge on any atom is -0.439 e. The summed E-state index contributed by atoms with van der Waals surface area (Å²) in [5, 5.41) is 2.39. The van der Waals surface area contributed by atoms with Gasteiger partial charge < -0.3 is 10.1 Å². The number of amides is 1. The fourth-order valence-corrected chi connectivity index (χ4v) is 2.13. The third-order valence-electron chi connectivity index (χ3n) is 3.32. The number of carbonyl (C=O) groups is 1. The Kier molecular flexibility index (Phi) is 5.43. The summed E-state index contributed by atoms with van der Waals surface area (Å²) in [5.41, 5.74) is -0.686. The lowest BCUT2D eigenvalue weighted by atomic mass is 9.98. The van der Waals surface area contributed by atoms with E-state index >= 15 is 0 Å². The summed E-state index contributed by atoms with van der Waals surface area (Å²) in [5.74, 6) is -3.93. The highest BCUT2D eigenvalue weighted by Crippen LogP contribution is 2.46. The van der Waals surface area contributed by atoms with Gasteiger partial charge in [0.25, 0.3) is 5.91 Å². The van der Waals surface area contributed by atoms with Gasteiger partial charge in [0.1, 0.15) is 5.75 Å². The lowest BCUT2D eigenvalue weighted by molar-refractivity contribution is -0.253. The Morgan fingerprint density at radius 1 is 1.00 bits per heavy atom. The minimum absolute atomic E-state index is 0.00274. The van der Waals surface area contributed by atoms with Gasteiger partial charge in [0.2, 0.25) is 5.88 Å². The largest absolute Gasteiger partial charge is 0.439 e. The van der Waals surface area contributed by atoms with Crippen molar-refractivity contribution >= 4 is 5.91 Å². The van der Waals surface area contributed by atoms with E-state index in [0.717, 1.165) is 12.1 Å². The average molecular weight is 378 g/mol. The first kappa shape index (κ1) is 19.5. The van der Waals surface area contributed by atoms with Crippen molar-refractivity contribution in [3.63, 3.8) is 0 Å². The van der Waals surface area contributed by atoms with Gasteiger partial charge in [-0.2, -0.15) is 26.3 Å². The van der Waals surface area contributed by atoms with Crippen LogP contribution in [0.1, 0.15) is 21.8 Å². The lowest BCUT2D eigenvalue weighted by Gasteiger charge is -2.23. The Balaban J connectivity index is 2.18. The van der Waals surface area contributed by atoms with Crippen molar-refractivity contribution in [2.24, 2.45) is 0 Å². The summed E-state index contributed by atoms with van der Waals surface area (Å²) >= 11 is 0. The van der Waals surface area contributed by atoms with Crippen molar-refractivity contribution in [2.45, 2.75) is 18.3 Å². The summed E-state index contributed by atoms with van der Waals surface area (Å²) < 4.78 is 81.4. The second-order valence-corrected chi connectivity index (χ2v) is 5.15. The van der Waals surface area contributed by atoms with Gasteiger partial charge in [-0.05, 0) is 23.8 Å². The SMILES string of the molecule is CNC(=O)c1ccc(Oc2ccc(C(C(F)(F)F)C(F)(F)F)cc2)nc1. The maximum Gasteiger partial charge on any atom is 0.404 e. The van der Waals surface area contributed by atoms with Crippen LogP contribution in [0.15, 0.2) is 42.6 Å². The number of nitrogens with zero attached hydrogens (tertiary/aromatic N) is 1. The van der Waals surface area contributed by atoms with Crippen LogP contribution < -0.4 is 10.1 Å². The number of pyridine rings is 1. The Hall–Kier alpha value is -2.78. The average Bonchev–Trinajstić information content (AvgIpc) is 2.54. The van der Waals surface area contributed by atoms with Crippen molar-refractivity contribution in [1.82, 2.24) is 10.3 Å². The molecule has 0 spiro atoms. The Morgan fingerprint density at radius 3 is 2.00 bits per heavy atom. The summed E-state index contributed by atoms with van der Waals surface area (Å²) in [6.45, 7) is 0. The number of aromatic nitrogens is 1. The zero-order valence-electron chi connectivity index (χ0n) is 13.2. The monoisotopic (exact) mass is 378 g/mol. The van der Waals surface area contributed by atoms with E-state index in [0.29, 0.717) is 12.1 Å². The van der Waals surface area contributed by atoms with Gasteiger partial charge in [0.15, 0.2) is 5.92 Å². The second-order valence-electron chi connectivity index (χ2n) is 5.15. The van der Waals surface area contributed by atoms with Crippen LogP contribution in [0.25, 0.3) is 0 Å². The molecule has 0 bridgehead atoms. The van der Waals surface area contributed by atoms with Gasteiger partial charge in [-0.1, -0.05) is 12.1 Å². The van der Waals surface area contributed by atoms with Gasteiger partial charge in [-0.3, -0.25) is 4.79 Å². The first-order chi connectivity index (χ1) is 12.0. The highest BCUT2D eigenvalue weighted by atomic mass is 19.4. The van der Waals surface area contributed by atoms with Gasteiger partial charge in [0, 0.05) is 19.3 Å². The molecule has 0 aliphatic rings. The fourth-order valence-electron chi connectivity index (χ4n) is 2.13. The highest BCUT2D eigenvalue weighted by molar-refractivity contribution is 5.93. The number of alkyl halides is 6. The Morgan fingerprint density at radius 2 is 1.58 bits per heavy atom. The molecule has 0 unspecified atom stereocenters. The van der Waals surface area contributed by atoms with Crippen LogP contribution in [0, 0.1) is 0 Å². The molecule has 0 aliphatic heterocycles. The molecule has 1 N–H and O–H groups in total. The quantitative estimate of drug-likeness (QED) is 0.801. The van der Waals surface area contributed by atoms with Crippen molar-refractivity contribution in [2.75, 3.05) is 7.05 Å². The Bertz CT molecular complexity index is 740. The van der Waals surface area contributed by atoms with Crippen LogP contribution in [0.3, 0.4) is 0 Å². The topological polar surface area (TPSA) is 51.2 Å². The second kappa shape index (κ2) is 7.22. The number of benzene rings is 1. The zero-order valence-corrected chi connectivity index (χ0v) is 13.2. The molecule has 1 aromatic heterocycles. The summed E-state index contributed by atoms with van der Waals surface area (Å²) in [4.78, 5) is 15.2. The molecule has 0 radical (unpaired) electrons. The molecule has 0 atom stereocenters. The maximum absolute atomic E-state index is 12.7. The molecule has 0 saturated carbocycles. The van der Waals surface area contributed by atoms with Gasteiger partial charge in [-0.25, -0.2) is 4.98 Å². The third-order valence-corrected chi connectivity index (χ3v) is 3.32. The molecule has 10 heteroatoms. The van der Waals surface area contributed by atoms with Crippen LogP contribution in [0.5, 0.6) is 11.6 Å². The third kappa shape index (κ3) is 4.64. The normalized spacial score (nSPS) is 12.2. The molecule has 1 amide bonds. The predicted octanol–water partition coefficient (Wildman–Crippen LogP) is 4.44. The molecular formula is C16H12F6N2O2. The molecule has 2 aromatic rings. The molecular weight excluding hydrogens is 366 g/mol. The standard InChI is InChI=1S/C16H12F6N2O2/c1-23-14(25)10-4-7-12(24-8-10)26-11-5-2-9(3-6-11)13(15(17,18)19)16(20,21)22/h2-8,13H,1H3,(H,23,25). The molecule has 1 aromatic carbocycles. The fraction of sp³-hybridized carbons (Fsp3) is 0.250.